The second kappa shape index (κ2) is 9.86. The predicted octanol–water partition coefficient (Wildman–Crippen LogP) is 3.74. The van der Waals surface area contributed by atoms with Crippen LogP contribution in [-0.2, 0) is 19.1 Å². The van der Waals surface area contributed by atoms with Crippen LogP contribution in [0.25, 0.3) is 0 Å². The molecule has 0 aliphatic carbocycles. The Labute approximate surface area is 169 Å². The molecule has 8 nitrogen and oxygen atoms in total. The van der Waals surface area contributed by atoms with Crippen molar-refractivity contribution in [3.8, 4) is 0 Å². The van der Waals surface area contributed by atoms with E-state index < -0.39 is 22.8 Å². The van der Waals surface area contributed by atoms with Gasteiger partial charge in [0.15, 0.2) is 0 Å². The molecule has 0 saturated heterocycles. The maximum atomic E-state index is 12.8. The first-order valence-corrected chi connectivity index (χ1v) is 9.58. The Hall–Kier alpha value is -3.16. The number of benzene rings is 1. The van der Waals surface area contributed by atoms with Crippen LogP contribution in [0.4, 0.5) is 5.69 Å². The van der Waals surface area contributed by atoms with Gasteiger partial charge in [-0.05, 0) is 32.3 Å². The van der Waals surface area contributed by atoms with Crippen LogP contribution >= 0.6 is 0 Å². The summed E-state index contributed by atoms with van der Waals surface area (Å²) < 4.78 is 10.7. The van der Waals surface area contributed by atoms with Crippen LogP contribution in [-0.4, -0.2) is 30.1 Å². The molecule has 0 atom stereocenters. The van der Waals surface area contributed by atoms with Gasteiger partial charge in [0, 0.05) is 23.5 Å². The smallest absolute Gasteiger partial charge is 0.336 e. The number of nitro groups is 1. The molecule has 8 heteroatoms. The summed E-state index contributed by atoms with van der Waals surface area (Å²) in [5.74, 6) is -1.96. The number of esters is 2. The van der Waals surface area contributed by atoms with Crippen molar-refractivity contribution in [1.29, 1.82) is 0 Å². The molecule has 1 aliphatic rings. The van der Waals surface area contributed by atoms with Crippen LogP contribution in [0.1, 0.15) is 52.0 Å². The van der Waals surface area contributed by atoms with Gasteiger partial charge in [0.1, 0.15) is 0 Å². The Bertz CT molecular complexity index is 830. The fourth-order valence-electron chi connectivity index (χ4n) is 3.23. The number of carbonyl (C=O) groups excluding carboxylic acids is 2. The van der Waals surface area contributed by atoms with Crippen LogP contribution in [0.3, 0.4) is 0 Å². The number of nitrogens with zero attached hydrogens (tertiary/aromatic N) is 1. The fraction of sp³-hybridized carbons (Fsp3) is 0.429. The molecule has 0 bridgehead atoms. The molecule has 1 aromatic rings. The van der Waals surface area contributed by atoms with E-state index in [-0.39, 0.29) is 30.0 Å². The van der Waals surface area contributed by atoms with Gasteiger partial charge in [0.2, 0.25) is 0 Å². The lowest BCUT2D eigenvalue weighted by atomic mass is 9.80. The SMILES string of the molecule is CCCOC(=O)C1=C(C)NC(C)=C(C(=O)OCCC)C1c1cccc([N+](=O)[O-])c1. The van der Waals surface area contributed by atoms with E-state index in [1.807, 2.05) is 13.8 Å². The third-order valence-corrected chi connectivity index (χ3v) is 4.49. The minimum atomic E-state index is -0.829. The summed E-state index contributed by atoms with van der Waals surface area (Å²) in [7, 11) is 0. The summed E-state index contributed by atoms with van der Waals surface area (Å²) in [6.45, 7) is 7.65. The molecular formula is C21H26N2O6. The van der Waals surface area contributed by atoms with E-state index in [0.29, 0.717) is 29.8 Å². The molecule has 0 unspecified atom stereocenters. The first-order chi connectivity index (χ1) is 13.8. The lowest BCUT2D eigenvalue weighted by molar-refractivity contribution is -0.384. The van der Waals surface area contributed by atoms with Crippen molar-refractivity contribution in [2.75, 3.05) is 13.2 Å². The second-order valence-corrected chi connectivity index (χ2v) is 6.76. The number of nitro benzene ring substituents is 1. The summed E-state index contributed by atoms with van der Waals surface area (Å²) in [6.07, 6.45) is 1.29. The van der Waals surface area contributed by atoms with E-state index in [0.717, 1.165) is 0 Å². The predicted molar refractivity (Wildman–Crippen MR) is 107 cm³/mol. The van der Waals surface area contributed by atoms with Crippen molar-refractivity contribution < 1.29 is 24.0 Å². The van der Waals surface area contributed by atoms with Crippen molar-refractivity contribution in [2.24, 2.45) is 0 Å². The first kappa shape index (κ1) is 22.1. The van der Waals surface area contributed by atoms with Gasteiger partial charge in [-0.15, -0.1) is 0 Å². The van der Waals surface area contributed by atoms with E-state index in [4.69, 9.17) is 9.47 Å². The molecule has 1 heterocycles. The fourth-order valence-corrected chi connectivity index (χ4v) is 3.23. The van der Waals surface area contributed by atoms with E-state index in [1.165, 1.54) is 18.2 Å². The number of carbonyl (C=O) groups is 2. The average molecular weight is 402 g/mol. The van der Waals surface area contributed by atoms with Gasteiger partial charge in [0.25, 0.3) is 5.69 Å². The molecule has 0 spiro atoms. The number of nitrogens with one attached hydrogen (secondary N) is 1. The number of allylic oxidation sites excluding steroid dienone is 2. The van der Waals surface area contributed by atoms with E-state index in [9.17, 15) is 19.7 Å². The molecule has 1 N–H and O–H groups in total. The Morgan fingerprint density at radius 2 is 1.55 bits per heavy atom. The molecule has 29 heavy (non-hydrogen) atoms. The van der Waals surface area contributed by atoms with Gasteiger partial charge in [-0.3, -0.25) is 10.1 Å². The van der Waals surface area contributed by atoms with Crippen LogP contribution in [0.2, 0.25) is 0 Å². The van der Waals surface area contributed by atoms with E-state index in [2.05, 4.69) is 5.32 Å². The Morgan fingerprint density at radius 3 is 2.00 bits per heavy atom. The number of non-ortho nitro benzene ring substituents is 1. The van der Waals surface area contributed by atoms with Crippen molar-refractivity contribution in [1.82, 2.24) is 5.32 Å². The van der Waals surface area contributed by atoms with Crippen LogP contribution < -0.4 is 5.32 Å². The zero-order valence-electron chi connectivity index (χ0n) is 17.1. The largest absolute Gasteiger partial charge is 0.462 e. The Morgan fingerprint density at radius 1 is 1.03 bits per heavy atom. The van der Waals surface area contributed by atoms with Gasteiger partial charge >= 0.3 is 11.9 Å². The van der Waals surface area contributed by atoms with Crippen LogP contribution in [0.5, 0.6) is 0 Å². The monoisotopic (exact) mass is 402 g/mol. The molecule has 1 aromatic carbocycles. The van der Waals surface area contributed by atoms with Crippen molar-refractivity contribution in [2.45, 2.75) is 46.5 Å². The molecule has 0 aromatic heterocycles. The summed E-state index contributed by atoms with van der Waals surface area (Å²) in [5, 5.41) is 14.3. The highest BCUT2D eigenvalue weighted by atomic mass is 16.6. The van der Waals surface area contributed by atoms with E-state index >= 15 is 0 Å². The van der Waals surface area contributed by atoms with Crippen molar-refractivity contribution >= 4 is 17.6 Å². The normalized spacial score (nSPS) is 14.5. The Balaban J connectivity index is 2.62. The third kappa shape index (κ3) is 5.01. The summed E-state index contributed by atoms with van der Waals surface area (Å²) in [5.41, 5.74) is 1.88. The molecular weight excluding hydrogens is 376 g/mol. The van der Waals surface area contributed by atoms with Crippen LogP contribution in [0, 0.1) is 10.1 Å². The minimum Gasteiger partial charge on any atom is -0.462 e. The standard InChI is InChI=1S/C21H26N2O6/c1-5-10-28-20(24)17-13(3)22-14(4)18(21(25)29-11-6-2)19(17)15-8-7-9-16(12-15)23(26)27/h7-9,12,19,22H,5-6,10-11H2,1-4H3. The molecule has 0 fully saturated rings. The maximum absolute atomic E-state index is 12.8. The topological polar surface area (TPSA) is 108 Å². The molecule has 0 saturated carbocycles. The zero-order valence-corrected chi connectivity index (χ0v) is 17.1. The molecule has 156 valence electrons. The summed E-state index contributed by atoms with van der Waals surface area (Å²) in [4.78, 5) is 36.4. The Kier molecular flexibility index (Phi) is 7.52. The van der Waals surface area contributed by atoms with Crippen molar-refractivity contribution in [3.63, 3.8) is 0 Å². The number of dihydropyridines is 1. The van der Waals surface area contributed by atoms with Gasteiger partial charge < -0.3 is 14.8 Å². The number of hydrogen-bond acceptors (Lipinski definition) is 7. The highest BCUT2D eigenvalue weighted by molar-refractivity contribution is 5.99. The lowest BCUT2D eigenvalue weighted by Crippen LogP contribution is -2.32. The third-order valence-electron chi connectivity index (χ3n) is 4.49. The van der Waals surface area contributed by atoms with Gasteiger partial charge in [-0.1, -0.05) is 26.0 Å². The molecule has 1 aliphatic heterocycles. The number of hydrogen-bond donors (Lipinski definition) is 1. The lowest BCUT2D eigenvalue weighted by Gasteiger charge is -2.30. The quantitative estimate of drug-likeness (QED) is 0.401. The molecule has 0 radical (unpaired) electrons. The number of rotatable bonds is 8. The molecule has 2 rings (SSSR count). The molecule has 0 amide bonds. The average Bonchev–Trinajstić information content (AvgIpc) is 2.69. The summed E-state index contributed by atoms with van der Waals surface area (Å²) >= 11 is 0. The first-order valence-electron chi connectivity index (χ1n) is 9.58. The maximum Gasteiger partial charge on any atom is 0.336 e. The second-order valence-electron chi connectivity index (χ2n) is 6.76. The van der Waals surface area contributed by atoms with Gasteiger partial charge in [-0.25, -0.2) is 9.59 Å². The highest BCUT2D eigenvalue weighted by Crippen LogP contribution is 2.40. The van der Waals surface area contributed by atoms with Gasteiger partial charge in [-0.2, -0.15) is 0 Å². The zero-order chi connectivity index (χ0) is 21.6. The highest BCUT2D eigenvalue weighted by Gasteiger charge is 2.38. The van der Waals surface area contributed by atoms with Crippen molar-refractivity contribution in [3.05, 3.63) is 62.5 Å². The van der Waals surface area contributed by atoms with E-state index in [1.54, 1.807) is 19.9 Å². The minimum absolute atomic E-state index is 0.126. The number of ether oxygens (including phenoxy) is 2. The van der Waals surface area contributed by atoms with Crippen LogP contribution in [0.15, 0.2) is 46.8 Å². The van der Waals surface area contributed by atoms with Gasteiger partial charge in [0.05, 0.1) is 35.2 Å². The summed E-state index contributed by atoms with van der Waals surface area (Å²) in [6, 6.07) is 5.92.